The molecule has 1 heterocycles. The van der Waals surface area contributed by atoms with Crippen molar-refractivity contribution >= 4 is 11.9 Å². The number of aliphatic imine (C=N–C) groups is 1. The fraction of sp³-hybridized carbons (Fsp3) is 0.875. The molecule has 0 spiro atoms. The highest BCUT2D eigenvalue weighted by Crippen LogP contribution is 2.18. The van der Waals surface area contributed by atoms with Crippen molar-refractivity contribution in [1.29, 1.82) is 0 Å². The van der Waals surface area contributed by atoms with Crippen LogP contribution < -0.4 is 16.4 Å². The van der Waals surface area contributed by atoms with Gasteiger partial charge in [-0.3, -0.25) is 9.79 Å². The summed E-state index contributed by atoms with van der Waals surface area (Å²) in [6, 6.07) is 0. The molecular weight excluding hydrogens is 335 g/mol. The van der Waals surface area contributed by atoms with Crippen LogP contribution in [0.1, 0.15) is 39.0 Å². The summed E-state index contributed by atoms with van der Waals surface area (Å²) in [4.78, 5) is 17.7. The van der Waals surface area contributed by atoms with E-state index in [1.807, 2.05) is 6.92 Å². The highest BCUT2D eigenvalue weighted by molar-refractivity contribution is 5.79. The van der Waals surface area contributed by atoms with E-state index in [4.69, 9.17) is 5.73 Å². The van der Waals surface area contributed by atoms with Crippen molar-refractivity contribution in [2.75, 3.05) is 39.3 Å². The number of nitrogens with two attached hydrogens (primary N) is 1. The number of hydrogen-bond donors (Lipinski definition) is 3. The van der Waals surface area contributed by atoms with Gasteiger partial charge in [-0.25, -0.2) is 0 Å². The van der Waals surface area contributed by atoms with Gasteiger partial charge < -0.3 is 21.3 Å². The molecule has 1 rings (SSSR count). The molecule has 0 saturated carbocycles. The molecule has 0 aromatic rings. The zero-order valence-electron chi connectivity index (χ0n) is 14.9. The number of primary amides is 1. The minimum atomic E-state index is -4.16. The van der Waals surface area contributed by atoms with Gasteiger partial charge in [-0.1, -0.05) is 0 Å². The van der Waals surface area contributed by atoms with Crippen LogP contribution in [0.25, 0.3) is 0 Å². The quantitative estimate of drug-likeness (QED) is 0.328. The van der Waals surface area contributed by atoms with Crippen LogP contribution in [-0.4, -0.2) is 62.2 Å². The number of rotatable bonds is 9. The number of amides is 1. The molecule has 0 radical (unpaired) electrons. The molecule has 0 aliphatic carbocycles. The number of likely N-dealkylation sites (tertiary alicyclic amines) is 1. The van der Waals surface area contributed by atoms with Gasteiger partial charge in [0.05, 0.1) is 6.42 Å². The lowest BCUT2D eigenvalue weighted by Gasteiger charge is -2.30. The number of hydrogen-bond acceptors (Lipinski definition) is 3. The predicted octanol–water partition coefficient (Wildman–Crippen LogP) is 1.47. The number of carbonyl (C=O) groups is 1. The SMILES string of the molecule is CCNC(=NCCCCN1CCC(C(N)=O)CC1)NCCC(F)(F)F. The lowest BCUT2D eigenvalue weighted by Crippen LogP contribution is -2.39. The summed E-state index contributed by atoms with van der Waals surface area (Å²) in [6.07, 6.45) is -1.56. The first-order valence-electron chi connectivity index (χ1n) is 8.92. The molecule has 1 aliphatic heterocycles. The second-order valence-corrected chi connectivity index (χ2v) is 6.28. The summed E-state index contributed by atoms with van der Waals surface area (Å²) < 4.78 is 36.5. The van der Waals surface area contributed by atoms with Gasteiger partial charge in [0.2, 0.25) is 5.91 Å². The Kier molecular flexibility index (Phi) is 9.62. The molecule has 1 aliphatic rings. The summed E-state index contributed by atoms with van der Waals surface area (Å²) in [5.41, 5.74) is 5.32. The van der Waals surface area contributed by atoms with E-state index in [2.05, 4.69) is 20.5 Å². The zero-order valence-corrected chi connectivity index (χ0v) is 14.9. The molecule has 1 fully saturated rings. The van der Waals surface area contributed by atoms with E-state index < -0.39 is 12.6 Å². The molecule has 0 aromatic carbocycles. The minimum absolute atomic E-state index is 0.00583. The third-order valence-corrected chi connectivity index (χ3v) is 4.19. The number of nitrogens with zero attached hydrogens (tertiary/aromatic N) is 2. The summed E-state index contributed by atoms with van der Waals surface area (Å²) in [5.74, 6) is 0.225. The van der Waals surface area contributed by atoms with E-state index in [-0.39, 0.29) is 18.4 Å². The van der Waals surface area contributed by atoms with Crippen LogP contribution in [0.3, 0.4) is 0 Å². The third kappa shape index (κ3) is 10.2. The first-order chi connectivity index (χ1) is 11.8. The van der Waals surface area contributed by atoms with E-state index in [0.717, 1.165) is 45.3 Å². The number of nitrogens with one attached hydrogen (secondary N) is 2. The lowest BCUT2D eigenvalue weighted by atomic mass is 9.96. The zero-order chi connectivity index (χ0) is 18.7. The molecule has 6 nitrogen and oxygen atoms in total. The van der Waals surface area contributed by atoms with Crippen molar-refractivity contribution < 1.29 is 18.0 Å². The van der Waals surface area contributed by atoms with Gasteiger partial charge in [-0.05, 0) is 52.2 Å². The Labute approximate surface area is 147 Å². The molecule has 146 valence electrons. The molecule has 0 unspecified atom stereocenters. The summed E-state index contributed by atoms with van der Waals surface area (Å²) in [5, 5.41) is 5.64. The topological polar surface area (TPSA) is 82.8 Å². The fourth-order valence-electron chi connectivity index (χ4n) is 2.74. The Hall–Kier alpha value is -1.51. The number of halogens is 3. The van der Waals surface area contributed by atoms with Crippen molar-refractivity contribution in [3.8, 4) is 0 Å². The van der Waals surface area contributed by atoms with Crippen molar-refractivity contribution in [2.24, 2.45) is 16.6 Å². The maximum atomic E-state index is 12.2. The molecule has 0 atom stereocenters. The minimum Gasteiger partial charge on any atom is -0.369 e. The fourth-order valence-corrected chi connectivity index (χ4v) is 2.74. The summed E-state index contributed by atoms with van der Waals surface area (Å²) in [7, 11) is 0. The van der Waals surface area contributed by atoms with Gasteiger partial charge in [0.15, 0.2) is 5.96 Å². The first kappa shape index (κ1) is 21.5. The average Bonchev–Trinajstić information content (AvgIpc) is 2.53. The van der Waals surface area contributed by atoms with E-state index in [0.29, 0.717) is 19.0 Å². The molecule has 1 amide bonds. The van der Waals surface area contributed by atoms with E-state index >= 15 is 0 Å². The molecule has 9 heteroatoms. The number of piperidine rings is 1. The monoisotopic (exact) mass is 365 g/mol. The Morgan fingerprint density at radius 3 is 2.48 bits per heavy atom. The molecule has 25 heavy (non-hydrogen) atoms. The number of alkyl halides is 3. The Bertz CT molecular complexity index is 420. The Morgan fingerprint density at radius 1 is 1.24 bits per heavy atom. The van der Waals surface area contributed by atoms with E-state index in [1.54, 1.807) is 0 Å². The standard InChI is InChI=1S/C16H30F3N5O/c1-2-21-15(23-9-7-16(17,18)19)22-8-3-4-10-24-11-5-13(6-12-24)14(20)25/h13H,2-12H2,1H3,(H2,20,25)(H2,21,22,23). The van der Waals surface area contributed by atoms with E-state index in [1.165, 1.54) is 0 Å². The van der Waals surface area contributed by atoms with Gasteiger partial charge in [-0.15, -0.1) is 0 Å². The van der Waals surface area contributed by atoms with Crippen LogP contribution in [0, 0.1) is 5.92 Å². The van der Waals surface area contributed by atoms with Gasteiger partial charge >= 0.3 is 6.18 Å². The first-order valence-corrected chi connectivity index (χ1v) is 8.92. The molecule has 0 bridgehead atoms. The third-order valence-electron chi connectivity index (χ3n) is 4.19. The molecule has 4 N–H and O–H groups in total. The largest absolute Gasteiger partial charge is 0.390 e. The van der Waals surface area contributed by atoms with Crippen molar-refractivity contribution in [3.05, 3.63) is 0 Å². The Morgan fingerprint density at radius 2 is 1.92 bits per heavy atom. The smallest absolute Gasteiger partial charge is 0.369 e. The van der Waals surface area contributed by atoms with Gasteiger partial charge in [0.1, 0.15) is 0 Å². The van der Waals surface area contributed by atoms with Gasteiger partial charge in [-0.2, -0.15) is 13.2 Å². The van der Waals surface area contributed by atoms with Crippen molar-refractivity contribution in [3.63, 3.8) is 0 Å². The second kappa shape index (κ2) is 11.2. The molecule has 1 saturated heterocycles. The summed E-state index contributed by atoms with van der Waals surface area (Å²) in [6.45, 7) is 5.59. The highest BCUT2D eigenvalue weighted by atomic mass is 19.4. The van der Waals surface area contributed by atoms with Gasteiger partial charge in [0.25, 0.3) is 0 Å². The van der Waals surface area contributed by atoms with Crippen LogP contribution >= 0.6 is 0 Å². The number of guanidine groups is 1. The normalized spacial score (nSPS) is 17.5. The van der Waals surface area contributed by atoms with Crippen LogP contribution in [0.15, 0.2) is 4.99 Å². The second-order valence-electron chi connectivity index (χ2n) is 6.28. The van der Waals surface area contributed by atoms with Crippen LogP contribution in [0.4, 0.5) is 13.2 Å². The molecule has 0 aromatic heterocycles. The van der Waals surface area contributed by atoms with Crippen LogP contribution in [-0.2, 0) is 4.79 Å². The van der Waals surface area contributed by atoms with Crippen LogP contribution in [0.5, 0.6) is 0 Å². The average molecular weight is 365 g/mol. The predicted molar refractivity (Wildman–Crippen MR) is 92.2 cm³/mol. The van der Waals surface area contributed by atoms with Crippen LogP contribution in [0.2, 0.25) is 0 Å². The lowest BCUT2D eigenvalue weighted by molar-refractivity contribution is -0.132. The molecular formula is C16H30F3N5O. The highest BCUT2D eigenvalue weighted by Gasteiger charge is 2.26. The maximum Gasteiger partial charge on any atom is 0.390 e. The summed E-state index contributed by atoms with van der Waals surface area (Å²) >= 11 is 0. The number of carbonyl (C=O) groups excluding carboxylic acids is 1. The van der Waals surface area contributed by atoms with Gasteiger partial charge in [0, 0.05) is 25.6 Å². The van der Waals surface area contributed by atoms with Crippen molar-refractivity contribution in [1.82, 2.24) is 15.5 Å². The Balaban J connectivity index is 2.17. The maximum absolute atomic E-state index is 12.2. The van der Waals surface area contributed by atoms with E-state index in [9.17, 15) is 18.0 Å². The van der Waals surface area contributed by atoms with Crippen molar-refractivity contribution in [2.45, 2.75) is 45.2 Å². The number of unbranched alkanes of at least 4 members (excludes halogenated alkanes) is 1.